The third-order valence-electron chi connectivity index (χ3n) is 18.2. The van der Waals surface area contributed by atoms with Crippen molar-refractivity contribution in [1.29, 1.82) is 0 Å². The van der Waals surface area contributed by atoms with Crippen molar-refractivity contribution in [2.75, 3.05) is 13.2 Å². The summed E-state index contributed by atoms with van der Waals surface area (Å²) in [5, 5.41) is 4.53. The van der Waals surface area contributed by atoms with Gasteiger partial charge in [-0.1, -0.05) is 278 Å². The van der Waals surface area contributed by atoms with Crippen LogP contribution in [0.5, 0.6) is 0 Å². The molecule has 3 aliphatic heterocycles. The van der Waals surface area contributed by atoms with Crippen molar-refractivity contribution in [3.8, 4) is 0 Å². The van der Waals surface area contributed by atoms with Crippen molar-refractivity contribution in [3.05, 3.63) is 334 Å². The molecule has 3 heterocycles. The standard InChI is InChI=1S/C81H84N3O17P/c82-84-83-68-71(90-49-60-34-16-4-17-35-60)70(98-81-79(95-54-65-44-26-9-27-45-65)72(91-50-61-36-18-5-19-37-61)69(89-48-59-32-14-3-15-33-59)66(97-81)55-87-46-57-28-10-1-11-29-57)67(56-88-47-58-30-12-2-13-31-58)96-80(68)99-76-74(93-52-63-40-22-7-23-41-63)73(92-51-62-38-20-6-21-39-62)75(77-78(76)101-102(85,86)100-77)94-53-64-42-24-8-25-43-64/h1-45,66-81H,46-56H2,(H,85,86)/t66-,67-,68-,69-,70-,71-,72+,73+,74+,75-,76-,77-,78+,79+,80-,81-/m1/s1. The summed E-state index contributed by atoms with van der Waals surface area (Å²) in [6.07, 6.45) is -17.9. The first-order chi connectivity index (χ1) is 50.3. The summed E-state index contributed by atoms with van der Waals surface area (Å²) in [7, 11) is -4.88. The van der Waals surface area contributed by atoms with E-state index in [1.54, 1.807) is 0 Å². The van der Waals surface area contributed by atoms with Crippen LogP contribution in [0.4, 0.5) is 0 Å². The minimum absolute atomic E-state index is 0.0123. The fourth-order valence-corrected chi connectivity index (χ4v) is 14.3. The summed E-state index contributed by atoms with van der Waals surface area (Å²) in [4.78, 5) is 15.1. The molecule has 102 heavy (non-hydrogen) atoms. The van der Waals surface area contributed by atoms with Crippen molar-refractivity contribution in [1.82, 2.24) is 0 Å². The van der Waals surface area contributed by atoms with Gasteiger partial charge in [-0.3, -0.25) is 9.05 Å². The Morgan fingerprint density at radius 3 is 0.951 bits per heavy atom. The minimum atomic E-state index is -4.88. The Balaban J connectivity index is 0.916. The van der Waals surface area contributed by atoms with Crippen LogP contribution in [0.15, 0.2) is 278 Å². The zero-order valence-electron chi connectivity index (χ0n) is 56.3. The molecule has 0 amide bonds. The van der Waals surface area contributed by atoms with Gasteiger partial charge < -0.3 is 66.5 Å². The first-order valence-electron chi connectivity index (χ1n) is 34.4. The van der Waals surface area contributed by atoms with Gasteiger partial charge in [0, 0.05) is 4.91 Å². The zero-order valence-corrected chi connectivity index (χ0v) is 57.2. The Morgan fingerprint density at radius 2 is 0.588 bits per heavy atom. The van der Waals surface area contributed by atoms with Gasteiger partial charge in [-0.15, -0.1) is 0 Å². The third-order valence-corrected chi connectivity index (χ3v) is 19.2. The molecule has 1 saturated carbocycles. The van der Waals surface area contributed by atoms with E-state index in [1.165, 1.54) is 0 Å². The van der Waals surface area contributed by atoms with Crippen LogP contribution in [0.3, 0.4) is 0 Å². The molecule has 17 atom stereocenters. The Labute approximate surface area is 594 Å². The van der Waals surface area contributed by atoms with Crippen molar-refractivity contribution in [2.24, 2.45) is 5.11 Å². The van der Waals surface area contributed by atoms with Crippen LogP contribution in [0, 0.1) is 0 Å². The lowest BCUT2D eigenvalue weighted by atomic mass is 9.83. The first kappa shape index (κ1) is 72.2. The van der Waals surface area contributed by atoms with E-state index in [-0.39, 0.29) is 72.7 Å². The predicted octanol–water partition coefficient (Wildman–Crippen LogP) is 14.3. The average Bonchev–Trinajstić information content (AvgIpc) is 1.48. The maximum absolute atomic E-state index is 14.2. The SMILES string of the molecule is [N-]=[N+]=N[C@H]1[C@@H](O[C@@H]2[C@@H](OCc3ccccc3)[C@H](OCc3ccccc3)[C@@H](OCc3ccccc3)[C@H]3OP(=O)(O)O[C@@H]23)O[C@H](COCc2ccccc2)[C@@H](O[C@H]2O[C@H](COCc3ccccc3)[C@@H](OCc3ccccc3)[C@H](OCc3ccccc3)[C@@H]2OCc2ccccc2)[C@@H]1OCc1ccccc1. The molecule has 3 saturated heterocycles. The van der Waals surface area contributed by atoms with Crippen LogP contribution in [-0.2, 0) is 135 Å². The summed E-state index contributed by atoms with van der Waals surface area (Å²) in [6, 6.07) is 85.7. The van der Waals surface area contributed by atoms with E-state index < -0.39 is 106 Å². The Kier molecular flexibility index (Phi) is 26.1. The molecule has 9 aromatic carbocycles. The minimum Gasteiger partial charge on any atom is -0.374 e. The summed E-state index contributed by atoms with van der Waals surface area (Å²) < 4.78 is 119. The molecule has 13 rings (SSSR count). The second-order valence-electron chi connectivity index (χ2n) is 25.4. The number of hydrogen-bond acceptors (Lipinski definition) is 17. The van der Waals surface area contributed by atoms with Crippen LogP contribution < -0.4 is 0 Å². The Hall–Kier alpha value is -8.12. The number of azide groups is 1. The second-order valence-corrected chi connectivity index (χ2v) is 26.8. The molecule has 0 bridgehead atoms. The Morgan fingerprint density at radius 1 is 0.324 bits per heavy atom. The van der Waals surface area contributed by atoms with Gasteiger partial charge in [0.05, 0.1) is 72.7 Å². The number of rotatable bonds is 34. The molecule has 1 N–H and O–H groups in total. The third kappa shape index (κ3) is 19.8. The van der Waals surface area contributed by atoms with Crippen LogP contribution >= 0.6 is 7.82 Å². The average molecular weight is 1400 g/mol. The number of fused-ring (bicyclic) bond motifs is 1. The number of phosphoric ester groups is 1. The van der Waals surface area contributed by atoms with Crippen LogP contribution in [0.2, 0.25) is 0 Å². The van der Waals surface area contributed by atoms with E-state index in [9.17, 15) is 15.0 Å². The zero-order chi connectivity index (χ0) is 69.6. The van der Waals surface area contributed by atoms with Crippen molar-refractivity contribution >= 4 is 7.82 Å². The summed E-state index contributed by atoms with van der Waals surface area (Å²) in [5.41, 5.74) is 18.7. The highest BCUT2D eigenvalue weighted by Gasteiger charge is 2.64. The topological polar surface area (TPSA) is 225 Å². The van der Waals surface area contributed by atoms with Crippen LogP contribution in [0.25, 0.3) is 10.4 Å². The molecule has 0 spiro atoms. The van der Waals surface area contributed by atoms with E-state index in [1.807, 2.05) is 273 Å². The van der Waals surface area contributed by atoms with E-state index in [4.69, 9.17) is 70.6 Å². The highest BCUT2D eigenvalue weighted by atomic mass is 31.2. The van der Waals surface area contributed by atoms with Gasteiger partial charge in [0.1, 0.15) is 85.4 Å². The van der Waals surface area contributed by atoms with Gasteiger partial charge in [0.15, 0.2) is 12.6 Å². The van der Waals surface area contributed by atoms with Crippen molar-refractivity contribution < 1.29 is 80.1 Å². The second kappa shape index (κ2) is 36.8. The van der Waals surface area contributed by atoms with E-state index in [0.29, 0.717) is 0 Å². The number of ether oxygens (including phenoxy) is 13. The van der Waals surface area contributed by atoms with Crippen LogP contribution in [0.1, 0.15) is 50.1 Å². The van der Waals surface area contributed by atoms with Gasteiger partial charge in [-0.05, 0) is 55.6 Å². The molecular formula is C81H84N3O17P. The van der Waals surface area contributed by atoms with Crippen molar-refractivity contribution in [2.45, 2.75) is 157 Å². The first-order valence-corrected chi connectivity index (χ1v) is 35.9. The largest absolute Gasteiger partial charge is 0.473 e. The lowest BCUT2D eigenvalue weighted by Crippen LogP contribution is -2.68. The highest BCUT2D eigenvalue weighted by molar-refractivity contribution is 7.47. The molecule has 0 radical (unpaired) electrons. The molecule has 4 aliphatic rings. The lowest BCUT2D eigenvalue weighted by Gasteiger charge is -2.51. The fourth-order valence-electron chi connectivity index (χ4n) is 13.2. The van der Waals surface area contributed by atoms with Gasteiger partial charge >= 0.3 is 7.82 Å². The molecule has 9 aromatic rings. The molecule has 0 aromatic heterocycles. The van der Waals surface area contributed by atoms with E-state index in [2.05, 4.69) is 10.0 Å². The number of benzene rings is 9. The molecule has 1 unspecified atom stereocenters. The molecular weight excluding hydrogens is 1320 g/mol. The van der Waals surface area contributed by atoms with Gasteiger partial charge in [-0.2, -0.15) is 0 Å². The molecule has 20 nitrogen and oxygen atoms in total. The van der Waals surface area contributed by atoms with E-state index in [0.717, 1.165) is 50.1 Å². The predicted molar refractivity (Wildman–Crippen MR) is 377 cm³/mol. The molecule has 21 heteroatoms. The monoisotopic (exact) mass is 1400 g/mol. The van der Waals surface area contributed by atoms with Crippen molar-refractivity contribution in [3.63, 3.8) is 0 Å². The quantitative estimate of drug-likeness (QED) is 0.0171. The summed E-state index contributed by atoms with van der Waals surface area (Å²) >= 11 is 0. The Bertz CT molecular complexity index is 4010. The van der Waals surface area contributed by atoms with Crippen LogP contribution in [-0.4, -0.2) is 116 Å². The van der Waals surface area contributed by atoms with E-state index >= 15 is 0 Å². The normalized spacial score (nSPS) is 27.7. The summed E-state index contributed by atoms with van der Waals surface area (Å²) in [5.74, 6) is 0. The molecule has 4 fully saturated rings. The summed E-state index contributed by atoms with van der Waals surface area (Å²) in [6.45, 7) is 0.732. The van der Waals surface area contributed by atoms with Gasteiger partial charge in [-0.25, -0.2) is 4.57 Å². The molecule has 530 valence electrons. The number of phosphoric acid groups is 1. The number of hydrogen-bond donors (Lipinski definition) is 1. The smallest absolute Gasteiger partial charge is 0.374 e. The molecule has 1 aliphatic carbocycles. The lowest BCUT2D eigenvalue weighted by molar-refractivity contribution is -0.371. The number of nitrogens with zero attached hydrogens (tertiary/aromatic N) is 3. The fraction of sp³-hybridized carbons (Fsp3) is 0.333. The highest BCUT2D eigenvalue weighted by Crippen LogP contribution is 2.58. The van der Waals surface area contributed by atoms with Gasteiger partial charge in [0.25, 0.3) is 0 Å². The van der Waals surface area contributed by atoms with Gasteiger partial charge in [0.2, 0.25) is 0 Å². The maximum atomic E-state index is 14.2. The maximum Gasteiger partial charge on any atom is 0.473 e.